The number of fused-ring (bicyclic) bond motifs is 6. The number of hydrogen-bond acceptors (Lipinski definition) is 3. The molecule has 4 heteroatoms. The van der Waals surface area contributed by atoms with E-state index in [1.807, 2.05) is 17.4 Å². The molecule has 262 valence electrons. The molecule has 0 bridgehead atoms. The number of para-hydroxylation sites is 1. The molecule has 3 aromatic heterocycles. The van der Waals surface area contributed by atoms with Crippen molar-refractivity contribution in [1.29, 1.82) is 0 Å². The van der Waals surface area contributed by atoms with Gasteiger partial charge in [-0.05, 0) is 64.7 Å². The van der Waals surface area contributed by atoms with Crippen molar-refractivity contribution in [3.8, 4) is 61.8 Å². The summed E-state index contributed by atoms with van der Waals surface area (Å²) in [5.41, 5.74) is 13.1. The first kappa shape index (κ1) is 32.3. The van der Waals surface area contributed by atoms with Crippen molar-refractivity contribution in [2.24, 2.45) is 0 Å². The summed E-state index contributed by atoms with van der Waals surface area (Å²) in [5, 5.41) is 5.00. The van der Waals surface area contributed by atoms with Crippen molar-refractivity contribution in [1.82, 2.24) is 14.5 Å². The average molecular weight is 732 g/mol. The summed E-state index contributed by atoms with van der Waals surface area (Å²) < 4.78 is 5.00. The van der Waals surface area contributed by atoms with Crippen molar-refractivity contribution < 1.29 is 0 Å². The smallest absolute Gasteiger partial charge is 0.160 e. The first-order valence-corrected chi connectivity index (χ1v) is 19.7. The lowest BCUT2D eigenvalue weighted by atomic mass is 9.99. The number of benzene rings is 8. The monoisotopic (exact) mass is 731 g/mol. The summed E-state index contributed by atoms with van der Waals surface area (Å²) in [5.74, 6) is 0.694. The Bertz CT molecular complexity index is 3220. The first-order valence-electron chi connectivity index (χ1n) is 18.9. The van der Waals surface area contributed by atoms with E-state index in [1.165, 1.54) is 53.2 Å². The van der Waals surface area contributed by atoms with E-state index in [4.69, 9.17) is 9.97 Å². The lowest BCUT2D eigenvalue weighted by Crippen LogP contribution is -1.97. The van der Waals surface area contributed by atoms with Gasteiger partial charge in [0.2, 0.25) is 0 Å². The van der Waals surface area contributed by atoms with Crippen molar-refractivity contribution in [2.45, 2.75) is 0 Å². The number of nitrogens with zero attached hydrogens (tertiary/aromatic N) is 3. The summed E-state index contributed by atoms with van der Waals surface area (Å²) >= 11 is 1.85. The average Bonchev–Trinajstić information content (AvgIpc) is 3.82. The highest BCUT2D eigenvalue weighted by molar-refractivity contribution is 7.25. The van der Waals surface area contributed by atoms with Gasteiger partial charge in [-0.25, -0.2) is 9.97 Å². The minimum absolute atomic E-state index is 0.694. The van der Waals surface area contributed by atoms with Gasteiger partial charge in [0, 0.05) is 53.3 Å². The molecule has 11 rings (SSSR count). The van der Waals surface area contributed by atoms with Crippen LogP contribution in [0, 0.1) is 0 Å². The van der Waals surface area contributed by atoms with E-state index in [0.717, 1.165) is 44.8 Å². The third-order valence-corrected chi connectivity index (χ3v) is 12.0. The fraction of sp³-hybridized carbons (Fsp3) is 0. The molecule has 56 heavy (non-hydrogen) atoms. The SMILES string of the molecule is c1ccc(-c2ccc(-c3ccc(-c4cc(-c5ccccc5)nc(-c5ccc6c7ccccc7n(-c7ccc8sc9ccccc9c8c7)c6c5)n4)cc3)cc2)cc1. The van der Waals surface area contributed by atoms with Crippen LogP contribution in [0.5, 0.6) is 0 Å². The molecule has 0 unspecified atom stereocenters. The molecule has 3 nitrogen and oxygen atoms in total. The Morgan fingerprint density at radius 2 is 0.821 bits per heavy atom. The van der Waals surface area contributed by atoms with Gasteiger partial charge >= 0.3 is 0 Å². The molecule has 0 spiro atoms. The number of rotatable bonds is 6. The summed E-state index contributed by atoms with van der Waals surface area (Å²) in [6.07, 6.45) is 0. The molecule has 0 aliphatic rings. The fourth-order valence-electron chi connectivity index (χ4n) is 8.04. The zero-order valence-electron chi connectivity index (χ0n) is 30.3. The van der Waals surface area contributed by atoms with Crippen LogP contribution < -0.4 is 0 Å². The highest BCUT2D eigenvalue weighted by atomic mass is 32.1. The predicted octanol–water partition coefficient (Wildman–Crippen LogP) is 14.3. The van der Waals surface area contributed by atoms with Crippen molar-refractivity contribution in [3.05, 3.63) is 200 Å². The van der Waals surface area contributed by atoms with Gasteiger partial charge in [0.15, 0.2) is 5.82 Å². The van der Waals surface area contributed by atoms with Crippen LogP contribution in [-0.2, 0) is 0 Å². The zero-order valence-corrected chi connectivity index (χ0v) is 31.1. The Kier molecular flexibility index (Phi) is 7.68. The largest absolute Gasteiger partial charge is 0.309 e. The third-order valence-electron chi connectivity index (χ3n) is 10.9. The molecule has 0 radical (unpaired) electrons. The van der Waals surface area contributed by atoms with Crippen LogP contribution in [0.3, 0.4) is 0 Å². The van der Waals surface area contributed by atoms with Gasteiger partial charge in [-0.2, -0.15) is 0 Å². The molecule has 11 aromatic rings. The minimum Gasteiger partial charge on any atom is -0.309 e. The van der Waals surface area contributed by atoms with E-state index in [9.17, 15) is 0 Å². The van der Waals surface area contributed by atoms with Crippen LogP contribution in [0.4, 0.5) is 0 Å². The quantitative estimate of drug-likeness (QED) is 0.170. The molecule has 0 aliphatic carbocycles. The Morgan fingerprint density at radius 1 is 0.321 bits per heavy atom. The van der Waals surface area contributed by atoms with Gasteiger partial charge in [-0.1, -0.05) is 158 Å². The molecule has 0 N–H and O–H groups in total. The van der Waals surface area contributed by atoms with E-state index < -0.39 is 0 Å². The van der Waals surface area contributed by atoms with E-state index >= 15 is 0 Å². The van der Waals surface area contributed by atoms with Gasteiger partial charge in [-0.15, -0.1) is 11.3 Å². The van der Waals surface area contributed by atoms with Crippen molar-refractivity contribution in [2.75, 3.05) is 0 Å². The maximum Gasteiger partial charge on any atom is 0.160 e. The lowest BCUT2D eigenvalue weighted by Gasteiger charge is -2.12. The molecule has 8 aromatic carbocycles. The van der Waals surface area contributed by atoms with Crippen LogP contribution >= 0.6 is 11.3 Å². The van der Waals surface area contributed by atoms with Crippen molar-refractivity contribution >= 4 is 53.3 Å². The zero-order chi connectivity index (χ0) is 37.0. The Morgan fingerprint density at radius 3 is 1.52 bits per heavy atom. The van der Waals surface area contributed by atoms with E-state index in [1.54, 1.807) is 0 Å². The molecular weight excluding hydrogens is 699 g/mol. The molecular formula is C52H33N3S. The first-order chi connectivity index (χ1) is 27.7. The van der Waals surface area contributed by atoms with Crippen LogP contribution in [0.15, 0.2) is 200 Å². The molecule has 0 amide bonds. The van der Waals surface area contributed by atoms with E-state index in [-0.39, 0.29) is 0 Å². The van der Waals surface area contributed by atoms with E-state index in [0.29, 0.717) is 5.82 Å². The second-order valence-corrected chi connectivity index (χ2v) is 15.3. The number of thiophene rings is 1. The predicted molar refractivity (Wildman–Crippen MR) is 236 cm³/mol. The van der Waals surface area contributed by atoms with Gasteiger partial charge in [0.25, 0.3) is 0 Å². The molecule has 0 saturated carbocycles. The summed E-state index contributed by atoms with van der Waals surface area (Å²) in [7, 11) is 0. The maximum absolute atomic E-state index is 5.26. The Balaban J connectivity index is 1.03. The standard InChI is InChI=1S/C52H33N3S/c1-3-11-34(12-4-1)35-19-21-36(22-20-35)37-23-25-39(26-24-37)47-33-46(38-13-5-2-6-14-38)53-52(54-47)40-27-29-43-42-15-7-9-17-48(42)55(49(43)31-40)41-28-30-51-45(32-41)44-16-8-10-18-50(44)56-51/h1-33H. The lowest BCUT2D eigenvalue weighted by molar-refractivity contribution is 1.17. The number of aromatic nitrogens is 3. The van der Waals surface area contributed by atoms with Crippen LogP contribution in [0.2, 0.25) is 0 Å². The van der Waals surface area contributed by atoms with Crippen LogP contribution in [-0.4, -0.2) is 14.5 Å². The molecule has 3 heterocycles. The highest BCUT2D eigenvalue weighted by Crippen LogP contribution is 2.39. The van der Waals surface area contributed by atoms with Crippen LogP contribution in [0.25, 0.3) is 104 Å². The maximum atomic E-state index is 5.26. The summed E-state index contributed by atoms with van der Waals surface area (Å²) in [6, 6.07) is 71.4. The van der Waals surface area contributed by atoms with Gasteiger partial charge < -0.3 is 4.57 Å². The second kappa shape index (κ2) is 13.3. The van der Waals surface area contributed by atoms with Gasteiger partial charge in [0.1, 0.15) is 0 Å². The topological polar surface area (TPSA) is 30.7 Å². The van der Waals surface area contributed by atoms with Gasteiger partial charge in [0.05, 0.1) is 22.4 Å². The fourth-order valence-corrected chi connectivity index (χ4v) is 9.13. The van der Waals surface area contributed by atoms with Gasteiger partial charge in [-0.3, -0.25) is 0 Å². The minimum atomic E-state index is 0.694. The molecule has 0 aliphatic heterocycles. The Labute approximate surface area is 328 Å². The summed E-state index contributed by atoms with van der Waals surface area (Å²) in [6.45, 7) is 0. The molecule has 0 atom stereocenters. The highest BCUT2D eigenvalue weighted by Gasteiger charge is 2.17. The number of hydrogen-bond donors (Lipinski definition) is 0. The summed E-state index contributed by atoms with van der Waals surface area (Å²) in [4.78, 5) is 10.5. The third kappa shape index (κ3) is 5.58. The van der Waals surface area contributed by atoms with Crippen LogP contribution in [0.1, 0.15) is 0 Å². The Hall–Kier alpha value is -7.14. The van der Waals surface area contributed by atoms with E-state index in [2.05, 4.69) is 199 Å². The van der Waals surface area contributed by atoms with Crippen molar-refractivity contribution in [3.63, 3.8) is 0 Å². The normalized spacial score (nSPS) is 11.6. The molecule has 0 fully saturated rings. The second-order valence-electron chi connectivity index (χ2n) is 14.2. The molecule has 0 saturated heterocycles.